The van der Waals surface area contributed by atoms with E-state index in [9.17, 15) is 4.79 Å². The molecule has 0 aromatic rings. The van der Waals surface area contributed by atoms with E-state index in [0.717, 1.165) is 12.8 Å². The van der Waals surface area contributed by atoms with Crippen LogP contribution in [0, 0.1) is 30.6 Å². The van der Waals surface area contributed by atoms with Gasteiger partial charge in [-0.05, 0) is 37.5 Å². The normalized spacial score (nSPS) is 31.7. The first-order valence-electron chi connectivity index (χ1n) is 6.02. The Bertz CT molecular complexity index is 211. The number of carbonyl (C=O) groups is 1. The van der Waals surface area contributed by atoms with E-state index in [1.165, 1.54) is 6.42 Å². The molecule has 1 fully saturated rings. The van der Waals surface area contributed by atoms with Gasteiger partial charge in [-0.2, -0.15) is 0 Å². The lowest BCUT2D eigenvalue weighted by Crippen LogP contribution is -2.34. The molecule has 2 nitrogen and oxygen atoms in total. The summed E-state index contributed by atoms with van der Waals surface area (Å²) in [5.74, 6) is 1.80. The molecule has 1 saturated carbocycles. The molecule has 0 heterocycles. The summed E-state index contributed by atoms with van der Waals surface area (Å²) in [5, 5.41) is 0. The fourth-order valence-corrected chi connectivity index (χ4v) is 2.68. The van der Waals surface area contributed by atoms with Crippen molar-refractivity contribution in [3.05, 3.63) is 6.92 Å². The van der Waals surface area contributed by atoms with Crippen LogP contribution in [0.4, 0.5) is 0 Å². The Kier molecular flexibility index (Phi) is 4.62. The second-order valence-electron chi connectivity index (χ2n) is 5.10. The second kappa shape index (κ2) is 5.53. The number of hydrogen-bond donors (Lipinski definition) is 0. The Morgan fingerprint density at radius 3 is 2.67 bits per heavy atom. The monoisotopic (exact) mass is 211 g/mol. The van der Waals surface area contributed by atoms with E-state index in [4.69, 9.17) is 4.74 Å². The summed E-state index contributed by atoms with van der Waals surface area (Å²) in [5.41, 5.74) is 0. The summed E-state index contributed by atoms with van der Waals surface area (Å²) in [6, 6.07) is 0. The quantitative estimate of drug-likeness (QED) is 0.671. The first-order valence-corrected chi connectivity index (χ1v) is 6.02. The van der Waals surface area contributed by atoms with Crippen LogP contribution in [0.1, 0.15) is 40.0 Å². The molecule has 0 aromatic carbocycles. The van der Waals surface area contributed by atoms with E-state index in [2.05, 4.69) is 27.7 Å². The topological polar surface area (TPSA) is 26.3 Å². The van der Waals surface area contributed by atoms with Gasteiger partial charge in [0.05, 0.1) is 12.5 Å². The van der Waals surface area contributed by atoms with Gasteiger partial charge in [-0.25, -0.2) is 0 Å². The van der Waals surface area contributed by atoms with Crippen molar-refractivity contribution in [2.24, 2.45) is 23.7 Å². The number of carbonyl (C=O) groups excluding carboxylic acids is 1. The van der Waals surface area contributed by atoms with Crippen molar-refractivity contribution in [2.45, 2.75) is 40.0 Å². The summed E-state index contributed by atoms with van der Waals surface area (Å²) in [6.07, 6.45) is 3.40. The lowest BCUT2D eigenvalue weighted by molar-refractivity contribution is -0.152. The van der Waals surface area contributed by atoms with Crippen molar-refractivity contribution in [3.63, 3.8) is 0 Å². The Morgan fingerprint density at radius 1 is 1.47 bits per heavy atom. The highest BCUT2D eigenvalue weighted by molar-refractivity contribution is 5.73. The van der Waals surface area contributed by atoms with Crippen LogP contribution in [-0.2, 0) is 9.53 Å². The summed E-state index contributed by atoms with van der Waals surface area (Å²) in [7, 11) is 0. The fraction of sp³-hybridized carbons (Fsp3) is 0.846. The molecule has 0 amide bonds. The third-order valence-corrected chi connectivity index (χ3v) is 3.57. The smallest absolute Gasteiger partial charge is 0.309 e. The molecule has 0 aromatic heterocycles. The van der Waals surface area contributed by atoms with E-state index < -0.39 is 0 Å². The molecule has 0 spiro atoms. The zero-order valence-corrected chi connectivity index (χ0v) is 10.2. The van der Waals surface area contributed by atoms with E-state index in [1.54, 1.807) is 0 Å². The van der Waals surface area contributed by atoms with Crippen LogP contribution in [0.15, 0.2) is 0 Å². The molecular weight excluding hydrogens is 188 g/mol. The Morgan fingerprint density at radius 2 is 2.13 bits per heavy atom. The van der Waals surface area contributed by atoms with Crippen molar-refractivity contribution in [3.8, 4) is 0 Å². The van der Waals surface area contributed by atoms with Crippen molar-refractivity contribution in [1.29, 1.82) is 0 Å². The van der Waals surface area contributed by atoms with Gasteiger partial charge in [-0.3, -0.25) is 4.79 Å². The van der Waals surface area contributed by atoms with Gasteiger partial charge in [-0.1, -0.05) is 27.2 Å². The van der Waals surface area contributed by atoms with Crippen LogP contribution >= 0.6 is 0 Å². The zero-order chi connectivity index (χ0) is 11.4. The maximum atomic E-state index is 11.8. The SMILES string of the molecule is [CH2]COC(=O)C1CC(C)CCC1C(C)C. The minimum Gasteiger partial charge on any atom is -0.465 e. The number of ether oxygens (including phenoxy) is 1. The van der Waals surface area contributed by atoms with E-state index >= 15 is 0 Å². The number of hydrogen-bond acceptors (Lipinski definition) is 2. The van der Waals surface area contributed by atoms with Crippen LogP contribution in [0.25, 0.3) is 0 Å². The van der Waals surface area contributed by atoms with Crippen molar-refractivity contribution >= 4 is 5.97 Å². The first-order chi connectivity index (χ1) is 7.06. The number of rotatable bonds is 3. The molecule has 0 saturated heterocycles. The van der Waals surface area contributed by atoms with Gasteiger partial charge in [0.1, 0.15) is 0 Å². The third-order valence-electron chi connectivity index (χ3n) is 3.57. The largest absolute Gasteiger partial charge is 0.465 e. The van der Waals surface area contributed by atoms with Crippen molar-refractivity contribution < 1.29 is 9.53 Å². The van der Waals surface area contributed by atoms with Gasteiger partial charge >= 0.3 is 5.97 Å². The molecule has 0 N–H and O–H groups in total. The van der Waals surface area contributed by atoms with Gasteiger partial charge in [0.25, 0.3) is 0 Å². The predicted octanol–water partition coefficient (Wildman–Crippen LogP) is 3.07. The molecule has 1 aliphatic rings. The van der Waals surface area contributed by atoms with Crippen LogP contribution < -0.4 is 0 Å². The first kappa shape index (κ1) is 12.5. The van der Waals surface area contributed by atoms with Crippen LogP contribution in [0.2, 0.25) is 0 Å². The molecule has 0 aliphatic heterocycles. The fourth-order valence-electron chi connectivity index (χ4n) is 2.68. The maximum absolute atomic E-state index is 11.8. The summed E-state index contributed by atoms with van der Waals surface area (Å²) in [4.78, 5) is 11.8. The zero-order valence-electron chi connectivity index (χ0n) is 10.2. The van der Waals surface area contributed by atoms with Gasteiger partial charge in [-0.15, -0.1) is 0 Å². The van der Waals surface area contributed by atoms with Crippen LogP contribution in [0.3, 0.4) is 0 Å². The molecular formula is C13H23O2. The predicted molar refractivity (Wildman–Crippen MR) is 61.1 cm³/mol. The lowest BCUT2D eigenvalue weighted by atomic mass is 9.70. The molecule has 2 heteroatoms. The Labute approximate surface area is 93.4 Å². The highest BCUT2D eigenvalue weighted by Crippen LogP contribution is 2.38. The molecule has 3 atom stereocenters. The van der Waals surface area contributed by atoms with E-state index in [-0.39, 0.29) is 18.5 Å². The number of esters is 1. The van der Waals surface area contributed by atoms with Gasteiger partial charge in [0.2, 0.25) is 0 Å². The van der Waals surface area contributed by atoms with Gasteiger partial charge in [0, 0.05) is 0 Å². The standard InChI is InChI=1S/C13H23O2/c1-5-15-13(14)12-8-10(4)6-7-11(12)9(2)3/h9-12H,1,5-8H2,2-4H3. The van der Waals surface area contributed by atoms with Gasteiger partial charge in [0.15, 0.2) is 0 Å². The Hall–Kier alpha value is -0.530. The van der Waals surface area contributed by atoms with Crippen LogP contribution in [-0.4, -0.2) is 12.6 Å². The van der Waals surface area contributed by atoms with Crippen LogP contribution in [0.5, 0.6) is 0 Å². The second-order valence-corrected chi connectivity index (χ2v) is 5.10. The molecule has 3 unspecified atom stereocenters. The average Bonchev–Trinajstić information content (AvgIpc) is 2.17. The van der Waals surface area contributed by atoms with Crippen molar-refractivity contribution in [2.75, 3.05) is 6.61 Å². The molecule has 0 bridgehead atoms. The lowest BCUT2D eigenvalue weighted by Gasteiger charge is -2.35. The third kappa shape index (κ3) is 3.22. The highest BCUT2D eigenvalue weighted by Gasteiger charge is 2.36. The molecule has 1 radical (unpaired) electrons. The molecule has 1 rings (SSSR count). The maximum Gasteiger partial charge on any atom is 0.309 e. The molecule has 87 valence electrons. The van der Waals surface area contributed by atoms with E-state index in [0.29, 0.717) is 17.8 Å². The minimum atomic E-state index is -0.0322. The van der Waals surface area contributed by atoms with E-state index in [1.807, 2.05) is 0 Å². The summed E-state index contributed by atoms with van der Waals surface area (Å²) < 4.78 is 5.06. The summed E-state index contributed by atoms with van der Waals surface area (Å²) in [6.45, 7) is 10.4. The molecule has 1 aliphatic carbocycles. The van der Waals surface area contributed by atoms with Gasteiger partial charge < -0.3 is 4.74 Å². The summed E-state index contributed by atoms with van der Waals surface area (Å²) >= 11 is 0. The highest BCUT2D eigenvalue weighted by atomic mass is 16.5. The minimum absolute atomic E-state index is 0.0322. The average molecular weight is 211 g/mol. The van der Waals surface area contributed by atoms with Crippen molar-refractivity contribution in [1.82, 2.24) is 0 Å². The Balaban J connectivity index is 2.65. The molecule has 15 heavy (non-hydrogen) atoms.